The lowest BCUT2D eigenvalue weighted by Gasteiger charge is -2.04. The minimum absolute atomic E-state index is 0.195. The second-order valence-electron chi connectivity index (χ2n) is 5.42. The van der Waals surface area contributed by atoms with Crippen LogP contribution in [-0.4, -0.2) is 23.8 Å². The molecule has 1 N–H and O–H groups in total. The highest BCUT2D eigenvalue weighted by Gasteiger charge is 2.09. The van der Waals surface area contributed by atoms with Crippen molar-refractivity contribution in [1.82, 2.24) is 4.98 Å². The van der Waals surface area contributed by atoms with E-state index in [9.17, 15) is 9.18 Å². The topological polar surface area (TPSA) is 64.4 Å². The van der Waals surface area contributed by atoms with Crippen molar-refractivity contribution in [3.63, 3.8) is 0 Å². The van der Waals surface area contributed by atoms with Crippen LogP contribution in [0.1, 0.15) is 5.69 Å². The van der Waals surface area contributed by atoms with Crippen LogP contribution in [0.25, 0.3) is 11.5 Å². The van der Waals surface area contributed by atoms with E-state index in [0.717, 1.165) is 17.0 Å². The fourth-order valence-electron chi connectivity index (χ4n) is 2.25. The molecular formula is C19H17FN2O3S. The second kappa shape index (κ2) is 8.53. The van der Waals surface area contributed by atoms with Crippen LogP contribution in [0.2, 0.25) is 0 Å². The highest BCUT2D eigenvalue weighted by atomic mass is 32.2. The number of rotatable bonds is 7. The van der Waals surface area contributed by atoms with E-state index in [-0.39, 0.29) is 17.5 Å². The number of hydrogen-bond acceptors (Lipinski definition) is 5. The summed E-state index contributed by atoms with van der Waals surface area (Å²) in [5, 5.41) is 2.66. The summed E-state index contributed by atoms with van der Waals surface area (Å²) in [6, 6.07) is 13.2. The molecule has 1 aromatic heterocycles. The van der Waals surface area contributed by atoms with Crippen molar-refractivity contribution < 1.29 is 18.3 Å². The summed E-state index contributed by atoms with van der Waals surface area (Å²) in [7, 11) is 1.61. The van der Waals surface area contributed by atoms with Crippen LogP contribution in [0, 0.1) is 5.82 Å². The van der Waals surface area contributed by atoms with Crippen LogP contribution >= 0.6 is 11.8 Å². The molecule has 2 aromatic carbocycles. The number of oxazole rings is 1. The molecule has 0 aliphatic heterocycles. The van der Waals surface area contributed by atoms with E-state index in [2.05, 4.69) is 10.3 Å². The zero-order valence-corrected chi connectivity index (χ0v) is 14.9. The number of methoxy groups -OCH3 is 1. The summed E-state index contributed by atoms with van der Waals surface area (Å²) < 4.78 is 23.7. The lowest BCUT2D eigenvalue weighted by molar-refractivity contribution is -0.113. The standard InChI is InChI=1S/C19H17FN2O3S/c1-24-17-7-5-13(6-8-17)19-22-16(10-25-19)11-26-12-18(23)21-15-4-2-3-14(20)9-15/h2-10H,11-12H2,1H3,(H,21,23). The van der Waals surface area contributed by atoms with Gasteiger partial charge in [0, 0.05) is 17.0 Å². The normalized spacial score (nSPS) is 10.5. The fourth-order valence-corrected chi connectivity index (χ4v) is 2.95. The zero-order valence-electron chi connectivity index (χ0n) is 14.1. The Morgan fingerprint density at radius 2 is 2.08 bits per heavy atom. The molecule has 5 nitrogen and oxygen atoms in total. The third kappa shape index (κ3) is 4.86. The summed E-state index contributed by atoms with van der Waals surface area (Å²) in [5.74, 6) is 1.48. The lowest BCUT2D eigenvalue weighted by atomic mass is 10.2. The first kappa shape index (κ1) is 18.0. The van der Waals surface area contributed by atoms with Crippen molar-refractivity contribution >= 4 is 23.4 Å². The van der Waals surface area contributed by atoms with Crippen LogP contribution < -0.4 is 10.1 Å². The van der Waals surface area contributed by atoms with Gasteiger partial charge in [-0.05, 0) is 42.5 Å². The molecular weight excluding hydrogens is 355 g/mol. The molecule has 0 saturated carbocycles. The number of benzene rings is 2. The largest absolute Gasteiger partial charge is 0.497 e. The molecule has 0 radical (unpaired) electrons. The zero-order chi connectivity index (χ0) is 18.4. The van der Waals surface area contributed by atoms with E-state index in [1.165, 1.54) is 23.9 Å². The van der Waals surface area contributed by atoms with Gasteiger partial charge in [0.2, 0.25) is 11.8 Å². The van der Waals surface area contributed by atoms with E-state index in [4.69, 9.17) is 9.15 Å². The Balaban J connectivity index is 1.49. The molecule has 7 heteroatoms. The third-order valence-corrected chi connectivity index (χ3v) is 4.45. The van der Waals surface area contributed by atoms with Crippen LogP contribution in [0.3, 0.4) is 0 Å². The van der Waals surface area contributed by atoms with Crippen LogP contribution in [0.15, 0.2) is 59.2 Å². The maximum absolute atomic E-state index is 13.1. The number of halogens is 1. The highest BCUT2D eigenvalue weighted by molar-refractivity contribution is 7.99. The van der Waals surface area contributed by atoms with Gasteiger partial charge in [-0.25, -0.2) is 9.37 Å². The number of carbonyl (C=O) groups excluding carboxylic acids is 1. The number of nitrogens with one attached hydrogen (secondary N) is 1. The van der Waals surface area contributed by atoms with Gasteiger partial charge < -0.3 is 14.5 Å². The van der Waals surface area contributed by atoms with Crippen molar-refractivity contribution in [2.45, 2.75) is 5.75 Å². The molecule has 0 bridgehead atoms. The number of hydrogen-bond donors (Lipinski definition) is 1. The first-order chi connectivity index (χ1) is 12.6. The third-order valence-electron chi connectivity index (χ3n) is 3.48. The van der Waals surface area contributed by atoms with Gasteiger partial charge in [-0.15, -0.1) is 11.8 Å². The molecule has 0 spiro atoms. The van der Waals surface area contributed by atoms with Crippen molar-refractivity contribution in [2.24, 2.45) is 0 Å². The van der Waals surface area contributed by atoms with E-state index in [0.29, 0.717) is 17.3 Å². The van der Waals surface area contributed by atoms with Crippen LogP contribution in [0.4, 0.5) is 10.1 Å². The van der Waals surface area contributed by atoms with Gasteiger partial charge >= 0.3 is 0 Å². The molecule has 0 saturated heterocycles. The van der Waals surface area contributed by atoms with E-state index < -0.39 is 0 Å². The quantitative estimate of drug-likeness (QED) is 0.667. The number of carbonyl (C=O) groups is 1. The number of anilines is 1. The fraction of sp³-hybridized carbons (Fsp3) is 0.158. The number of nitrogens with zero attached hydrogens (tertiary/aromatic N) is 1. The van der Waals surface area contributed by atoms with Gasteiger partial charge in [0.05, 0.1) is 18.6 Å². The first-order valence-electron chi connectivity index (χ1n) is 7.86. The summed E-state index contributed by atoms with van der Waals surface area (Å²) in [5.41, 5.74) is 2.05. The predicted octanol–water partition coefficient (Wildman–Crippen LogP) is 4.36. The van der Waals surface area contributed by atoms with Crippen molar-refractivity contribution in [1.29, 1.82) is 0 Å². The maximum atomic E-state index is 13.1. The highest BCUT2D eigenvalue weighted by Crippen LogP contribution is 2.23. The molecule has 0 aliphatic rings. The smallest absolute Gasteiger partial charge is 0.234 e. The van der Waals surface area contributed by atoms with Crippen molar-refractivity contribution in [3.8, 4) is 17.2 Å². The SMILES string of the molecule is COc1ccc(-c2nc(CSCC(=O)Nc3cccc(F)c3)co2)cc1. The average Bonchev–Trinajstić information content (AvgIpc) is 3.11. The Kier molecular flexibility index (Phi) is 5.91. The van der Waals surface area contributed by atoms with Crippen LogP contribution in [0.5, 0.6) is 5.75 Å². The van der Waals surface area contributed by atoms with Gasteiger partial charge in [-0.1, -0.05) is 6.07 Å². The minimum atomic E-state index is -0.385. The number of ether oxygens (including phenoxy) is 1. The molecule has 0 atom stereocenters. The molecule has 0 aliphatic carbocycles. The Morgan fingerprint density at radius 3 is 2.81 bits per heavy atom. The van der Waals surface area contributed by atoms with Gasteiger partial charge in [0.1, 0.15) is 17.8 Å². The summed E-state index contributed by atoms with van der Waals surface area (Å²) in [6.45, 7) is 0. The van der Waals surface area contributed by atoms with E-state index >= 15 is 0 Å². The Hall–Kier alpha value is -2.80. The van der Waals surface area contributed by atoms with Gasteiger partial charge in [-0.3, -0.25) is 4.79 Å². The Morgan fingerprint density at radius 1 is 1.27 bits per heavy atom. The van der Waals surface area contributed by atoms with Gasteiger partial charge in [0.25, 0.3) is 0 Å². The molecule has 3 rings (SSSR count). The minimum Gasteiger partial charge on any atom is -0.497 e. The summed E-state index contributed by atoms with van der Waals surface area (Å²) >= 11 is 1.40. The van der Waals surface area contributed by atoms with Gasteiger partial charge in [0.15, 0.2) is 0 Å². The molecule has 1 amide bonds. The van der Waals surface area contributed by atoms with E-state index in [1.54, 1.807) is 25.5 Å². The van der Waals surface area contributed by atoms with E-state index in [1.807, 2.05) is 24.3 Å². The number of amides is 1. The number of aromatic nitrogens is 1. The lowest BCUT2D eigenvalue weighted by Crippen LogP contribution is -2.14. The molecule has 0 unspecified atom stereocenters. The molecule has 26 heavy (non-hydrogen) atoms. The molecule has 3 aromatic rings. The predicted molar refractivity (Wildman–Crippen MR) is 99.7 cm³/mol. The molecule has 134 valence electrons. The summed E-state index contributed by atoms with van der Waals surface area (Å²) in [6.07, 6.45) is 1.58. The second-order valence-corrected chi connectivity index (χ2v) is 6.41. The Labute approximate surface area is 154 Å². The first-order valence-corrected chi connectivity index (χ1v) is 9.01. The summed E-state index contributed by atoms with van der Waals surface area (Å²) in [4.78, 5) is 16.3. The van der Waals surface area contributed by atoms with Gasteiger partial charge in [-0.2, -0.15) is 0 Å². The molecule has 0 fully saturated rings. The Bertz CT molecular complexity index is 881. The monoisotopic (exact) mass is 372 g/mol. The molecule has 1 heterocycles. The maximum Gasteiger partial charge on any atom is 0.234 e. The van der Waals surface area contributed by atoms with Crippen molar-refractivity contribution in [2.75, 3.05) is 18.2 Å². The number of thioether (sulfide) groups is 1. The van der Waals surface area contributed by atoms with Crippen LogP contribution in [-0.2, 0) is 10.5 Å². The average molecular weight is 372 g/mol. The van der Waals surface area contributed by atoms with Crippen molar-refractivity contribution in [3.05, 3.63) is 66.3 Å².